The number of carbonyl (C=O) groups is 1. The summed E-state index contributed by atoms with van der Waals surface area (Å²) in [5, 5.41) is 4.67. The minimum Gasteiger partial charge on any atom is -0.481 e. The van der Waals surface area contributed by atoms with Gasteiger partial charge < -0.3 is 9.47 Å². The van der Waals surface area contributed by atoms with Crippen molar-refractivity contribution in [3.63, 3.8) is 0 Å². The highest BCUT2D eigenvalue weighted by Gasteiger charge is 2.30. The molecule has 0 amide bonds. The van der Waals surface area contributed by atoms with Crippen molar-refractivity contribution in [2.45, 2.75) is 48.0 Å². The lowest BCUT2D eigenvalue weighted by molar-refractivity contribution is -0.159. The molecule has 6 aromatic carbocycles. The second-order valence-corrected chi connectivity index (χ2v) is 13.4. The number of aryl methyl sites for hydroxylation is 2. The summed E-state index contributed by atoms with van der Waals surface area (Å²) in [5.41, 5.74) is 2.11. The smallest absolute Gasteiger partial charge is 0.345 e. The Morgan fingerprint density at radius 2 is 1.12 bits per heavy atom. The molecule has 0 bridgehead atoms. The molecular weight excluding hydrogens is 548 g/mol. The highest BCUT2D eigenvalue weighted by atomic mass is 32.2. The van der Waals surface area contributed by atoms with Gasteiger partial charge in [-0.3, -0.25) is 0 Å². The molecule has 214 valence electrons. The molecule has 6 aromatic rings. The van der Waals surface area contributed by atoms with Crippen molar-refractivity contribution >= 4 is 38.4 Å². The van der Waals surface area contributed by atoms with Crippen LogP contribution in [0.25, 0.3) is 21.5 Å². The van der Waals surface area contributed by atoms with Gasteiger partial charge in [0.1, 0.15) is 11.4 Å². The zero-order valence-electron chi connectivity index (χ0n) is 25.0. The first-order valence-electron chi connectivity index (χ1n) is 14.5. The zero-order chi connectivity index (χ0) is 30.0. The van der Waals surface area contributed by atoms with Crippen molar-refractivity contribution in [3.05, 3.63) is 144 Å². The second-order valence-electron chi connectivity index (χ2n) is 11.4. The third kappa shape index (κ3) is 6.16. The molecule has 0 radical (unpaired) electrons. The lowest BCUT2D eigenvalue weighted by Crippen LogP contribution is -2.28. The van der Waals surface area contributed by atoms with Gasteiger partial charge in [0.15, 0.2) is 21.3 Å². The van der Waals surface area contributed by atoms with Crippen LogP contribution in [0.15, 0.2) is 142 Å². The fourth-order valence-corrected chi connectivity index (χ4v) is 7.86. The van der Waals surface area contributed by atoms with E-state index in [-0.39, 0.29) is 17.5 Å². The van der Waals surface area contributed by atoms with E-state index in [1.165, 1.54) is 25.5 Å². The lowest BCUT2D eigenvalue weighted by atomic mass is 9.94. The minimum atomic E-state index is -0.812. The van der Waals surface area contributed by atoms with Crippen LogP contribution < -0.4 is 4.74 Å². The number of fused-ring (bicyclic) bond motifs is 2. The fraction of sp³-hybridized carbons (Fsp3) is 0.154. The molecule has 43 heavy (non-hydrogen) atoms. The van der Waals surface area contributed by atoms with Gasteiger partial charge in [0.2, 0.25) is 0 Å². The standard InChI is InChI=1S/C39H35O3S/c1-27-21-36(43(34-15-7-5-8-16-34)35-17-9-6-10-18-35)22-28(2)38(27)41-26-37(40)42-39(3,4)33-20-19-31-23-29-13-11-12-14-30(29)24-32(31)25-33/h5-25H,26H2,1-4H3/q+1. The van der Waals surface area contributed by atoms with Crippen LogP contribution in [0, 0.1) is 13.8 Å². The number of hydrogen-bond donors (Lipinski definition) is 0. The lowest BCUT2D eigenvalue weighted by Gasteiger charge is -2.26. The molecule has 6 rings (SSSR count). The van der Waals surface area contributed by atoms with Crippen LogP contribution in [-0.2, 0) is 26.0 Å². The van der Waals surface area contributed by atoms with E-state index in [9.17, 15) is 4.79 Å². The van der Waals surface area contributed by atoms with Crippen molar-refractivity contribution in [2.24, 2.45) is 0 Å². The van der Waals surface area contributed by atoms with Gasteiger partial charge in [0.25, 0.3) is 0 Å². The zero-order valence-corrected chi connectivity index (χ0v) is 25.8. The van der Waals surface area contributed by atoms with E-state index >= 15 is 0 Å². The third-order valence-electron chi connectivity index (χ3n) is 7.73. The van der Waals surface area contributed by atoms with E-state index in [0.717, 1.165) is 33.2 Å². The number of ether oxygens (including phenoxy) is 2. The van der Waals surface area contributed by atoms with E-state index < -0.39 is 11.6 Å². The maximum absolute atomic E-state index is 13.1. The average molecular weight is 584 g/mol. The van der Waals surface area contributed by atoms with E-state index in [1.807, 2.05) is 52.0 Å². The third-order valence-corrected chi connectivity index (χ3v) is 9.92. The number of hydrogen-bond acceptors (Lipinski definition) is 3. The second kappa shape index (κ2) is 12.0. The molecule has 0 saturated carbocycles. The van der Waals surface area contributed by atoms with Crippen molar-refractivity contribution < 1.29 is 14.3 Å². The first kappa shape index (κ1) is 28.6. The summed E-state index contributed by atoms with van der Waals surface area (Å²) in [6, 6.07) is 44.5. The molecule has 0 aliphatic rings. The average Bonchev–Trinajstić information content (AvgIpc) is 3.00. The number of rotatable bonds is 8. The van der Waals surface area contributed by atoms with E-state index in [1.54, 1.807) is 0 Å². The molecule has 0 unspecified atom stereocenters. The predicted octanol–water partition coefficient (Wildman–Crippen LogP) is 9.56. The SMILES string of the molecule is Cc1cc([S+](c2ccccc2)c2ccccc2)cc(C)c1OCC(=O)OC(C)(C)c1ccc2cc3ccccc3cc2c1. The van der Waals surface area contributed by atoms with E-state index in [4.69, 9.17) is 9.47 Å². The van der Waals surface area contributed by atoms with Crippen LogP contribution in [-0.4, -0.2) is 12.6 Å². The molecule has 0 aliphatic carbocycles. The first-order chi connectivity index (χ1) is 20.8. The van der Waals surface area contributed by atoms with Gasteiger partial charge in [-0.2, -0.15) is 0 Å². The van der Waals surface area contributed by atoms with Crippen LogP contribution >= 0.6 is 0 Å². The highest BCUT2D eigenvalue weighted by Crippen LogP contribution is 2.36. The summed E-state index contributed by atoms with van der Waals surface area (Å²) in [6.07, 6.45) is 0. The summed E-state index contributed by atoms with van der Waals surface area (Å²) in [5.74, 6) is 0.320. The van der Waals surface area contributed by atoms with Crippen molar-refractivity contribution in [3.8, 4) is 5.75 Å². The molecule has 0 aromatic heterocycles. The molecule has 3 nitrogen and oxygen atoms in total. The predicted molar refractivity (Wildman–Crippen MR) is 177 cm³/mol. The van der Waals surface area contributed by atoms with Gasteiger partial charge >= 0.3 is 5.97 Å². The molecule has 0 spiro atoms. The van der Waals surface area contributed by atoms with Gasteiger partial charge in [-0.25, -0.2) is 4.79 Å². The summed E-state index contributed by atoms with van der Waals surface area (Å²) in [4.78, 5) is 16.8. The Balaban J connectivity index is 1.19. The van der Waals surface area contributed by atoms with Crippen LogP contribution in [0.3, 0.4) is 0 Å². The Morgan fingerprint density at radius 3 is 1.70 bits per heavy atom. The van der Waals surface area contributed by atoms with Crippen LogP contribution in [0.5, 0.6) is 5.75 Å². The van der Waals surface area contributed by atoms with Gasteiger partial charge in [-0.05, 0) is 108 Å². The number of esters is 1. The molecule has 0 aliphatic heterocycles. The van der Waals surface area contributed by atoms with Gasteiger partial charge in [-0.1, -0.05) is 72.8 Å². The molecule has 0 atom stereocenters. The van der Waals surface area contributed by atoms with Gasteiger partial charge in [0, 0.05) is 12.1 Å². The van der Waals surface area contributed by atoms with Crippen LogP contribution in [0.2, 0.25) is 0 Å². The number of benzene rings is 6. The largest absolute Gasteiger partial charge is 0.481 e. The van der Waals surface area contributed by atoms with Crippen molar-refractivity contribution in [1.82, 2.24) is 0 Å². The minimum absolute atomic E-state index is 0.161. The topological polar surface area (TPSA) is 35.5 Å². The monoisotopic (exact) mass is 583 g/mol. The Hall–Kier alpha value is -4.54. The van der Waals surface area contributed by atoms with Gasteiger partial charge in [-0.15, -0.1) is 0 Å². The molecule has 0 saturated heterocycles. The molecule has 0 N–H and O–H groups in total. The maximum atomic E-state index is 13.1. The molecule has 0 fully saturated rings. The van der Waals surface area contributed by atoms with E-state index in [0.29, 0.717) is 0 Å². The fourth-order valence-electron chi connectivity index (χ4n) is 5.60. The Morgan fingerprint density at radius 1 is 0.605 bits per heavy atom. The number of carbonyl (C=O) groups excluding carboxylic acids is 1. The van der Waals surface area contributed by atoms with Crippen molar-refractivity contribution in [2.75, 3.05) is 6.61 Å². The maximum Gasteiger partial charge on any atom is 0.345 e. The summed E-state index contributed by atoms with van der Waals surface area (Å²) in [7, 11) is -0.256. The summed E-state index contributed by atoms with van der Waals surface area (Å²) < 4.78 is 12.1. The normalized spacial score (nSPS) is 11.7. The van der Waals surface area contributed by atoms with Crippen molar-refractivity contribution in [1.29, 1.82) is 0 Å². The van der Waals surface area contributed by atoms with Gasteiger partial charge in [0.05, 0.1) is 10.9 Å². The highest BCUT2D eigenvalue weighted by molar-refractivity contribution is 7.97. The summed E-state index contributed by atoms with van der Waals surface area (Å²) in [6.45, 7) is 7.76. The van der Waals surface area contributed by atoms with E-state index in [2.05, 4.69) is 103 Å². The molecule has 4 heteroatoms. The Kier molecular flexibility index (Phi) is 7.96. The Bertz CT molecular complexity index is 1850. The Labute approximate surface area is 256 Å². The first-order valence-corrected chi connectivity index (χ1v) is 15.7. The molecule has 0 heterocycles. The molecular formula is C39H35O3S+. The van der Waals surface area contributed by atoms with Crippen LogP contribution in [0.4, 0.5) is 0 Å². The quantitative estimate of drug-likeness (QED) is 0.102. The summed E-state index contributed by atoms with van der Waals surface area (Å²) >= 11 is 0. The van der Waals surface area contributed by atoms with Crippen LogP contribution in [0.1, 0.15) is 30.5 Å².